The predicted octanol–water partition coefficient (Wildman–Crippen LogP) is 2.22. The number of hydrogen-bond acceptors (Lipinski definition) is 3. The summed E-state index contributed by atoms with van der Waals surface area (Å²) in [4.78, 5) is 11.9. The number of benzene rings is 1. The molecule has 1 aliphatic rings. The number of primary sulfonamides is 1. The molecule has 1 aliphatic carbocycles. The molecule has 1 aromatic carbocycles. The molecule has 0 saturated carbocycles. The van der Waals surface area contributed by atoms with E-state index in [1.807, 2.05) is 0 Å². The van der Waals surface area contributed by atoms with Crippen molar-refractivity contribution in [3.8, 4) is 0 Å². The van der Waals surface area contributed by atoms with E-state index in [9.17, 15) is 13.2 Å². The minimum absolute atomic E-state index is 0.158. The fourth-order valence-corrected chi connectivity index (χ4v) is 3.14. The van der Waals surface area contributed by atoms with Gasteiger partial charge in [0.15, 0.2) is 0 Å². The van der Waals surface area contributed by atoms with Crippen molar-refractivity contribution in [3.63, 3.8) is 0 Å². The Morgan fingerprint density at radius 3 is 2.71 bits per heavy atom. The Morgan fingerprint density at radius 1 is 1.33 bits per heavy atom. The Hall–Kier alpha value is -1.37. The summed E-state index contributed by atoms with van der Waals surface area (Å²) in [6.07, 6.45) is 6.38. The van der Waals surface area contributed by atoms with Gasteiger partial charge in [0.1, 0.15) is 0 Å². The van der Waals surface area contributed by atoms with Crippen LogP contribution in [-0.2, 0) is 10.0 Å². The molecule has 1 aromatic rings. The van der Waals surface area contributed by atoms with Crippen LogP contribution in [0.15, 0.2) is 34.7 Å². The van der Waals surface area contributed by atoms with Gasteiger partial charge in [-0.2, -0.15) is 0 Å². The fraction of sp³-hybridized carbons (Fsp3) is 0.357. The van der Waals surface area contributed by atoms with Crippen LogP contribution in [0.25, 0.3) is 0 Å². The molecule has 0 fully saturated rings. The number of allylic oxidation sites excluding steroid dienone is 1. The number of amides is 1. The maximum Gasteiger partial charge on any atom is 0.251 e. The van der Waals surface area contributed by atoms with Crippen LogP contribution in [0.3, 0.4) is 0 Å². The lowest BCUT2D eigenvalue weighted by atomic mass is 10.1. The minimum atomic E-state index is -3.89. The standard InChI is InChI=1S/C14H17ClN2O3S/c15-12-7-11(8-13(9-12)21(16,19)20)14(18)17-6-5-10-3-1-2-4-10/h3,7-9H,1-2,4-6H2,(H,17,18)(H2,16,19,20). The van der Waals surface area contributed by atoms with Crippen LogP contribution in [0.1, 0.15) is 36.0 Å². The molecule has 1 amide bonds. The summed E-state index contributed by atoms with van der Waals surface area (Å²) in [5.74, 6) is -0.360. The van der Waals surface area contributed by atoms with Crippen LogP contribution < -0.4 is 10.5 Å². The van der Waals surface area contributed by atoms with E-state index in [4.69, 9.17) is 16.7 Å². The van der Waals surface area contributed by atoms with Gasteiger partial charge in [-0.25, -0.2) is 13.6 Å². The van der Waals surface area contributed by atoms with Gasteiger partial charge in [0.2, 0.25) is 10.0 Å². The molecule has 2 rings (SSSR count). The topological polar surface area (TPSA) is 89.3 Å². The summed E-state index contributed by atoms with van der Waals surface area (Å²) >= 11 is 5.83. The number of hydrogen-bond donors (Lipinski definition) is 2. The van der Waals surface area contributed by atoms with Gasteiger partial charge < -0.3 is 5.32 Å². The first-order valence-corrected chi connectivity index (χ1v) is 8.58. The summed E-state index contributed by atoms with van der Waals surface area (Å²) in [5, 5.41) is 7.97. The molecule has 7 heteroatoms. The molecule has 0 unspecified atom stereocenters. The largest absolute Gasteiger partial charge is 0.352 e. The van der Waals surface area contributed by atoms with Gasteiger partial charge in [0.25, 0.3) is 5.91 Å². The van der Waals surface area contributed by atoms with Crippen molar-refractivity contribution in [1.82, 2.24) is 5.32 Å². The molecular weight excluding hydrogens is 312 g/mol. The average molecular weight is 329 g/mol. The van der Waals surface area contributed by atoms with E-state index < -0.39 is 10.0 Å². The number of sulfonamides is 1. The molecule has 0 heterocycles. The van der Waals surface area contributed by atoms with Crippen molar-refractivity contribution in [3.05, 3.63) is 40.4 Å². The third-order valence-electron chi connectivity index (χ3n) is 3.33. The SMILES string of the molecule is NS(=O)(=O)c1cc(Cl)cc(C(=O)NCCC2=CCCC2)c1. The zero-order valence-corrected chi connectivity index (χ0v) is 13.0. The van der Waals surface area contributed by atoms with Crippen LogP contribution in [0, 0.1) is 0 Å². The van der Waals surface area contributed by atoms with E-state index >= 15 is 0 Å². The Balaban J connectivity index is 2.03. The third-order valence-corrected chi connectivity index (χ3v) is 4.44. The highest BCUT2D eigenvalue weighted by molar-refractivity contribution is 7.89. The second kappa shape index (κ2) is 6.60. The molecule has 5 nitrogen and oxygen atoms in total. The first-order chi connectivity index (χ1) is 9.86. The minimum Gasteiger partial charge on any atom is -0.352 e. The lowest BCUT2D eigenvalue weighted by Crippen LogP contribution is -2.25. The first kappa shape index (κ1) is 16.0. The summed E-state index contributed by atoms with van der Waals surface area (Å²) in [5.41, 5.74) is 1.54. The second-order valence-electron chi connectivity index (χ2n) is 4.98. The van der Waals surface area contributed by atoms with E-state index in [0.29, 0.717) is 6.54 Å². The second-order valence-corrected chi connectivity index (χ2v) is 6.98. The van der Waals surface area contributed by atoms with Gasteiger partial charge >= 0.3 is 0 Å². The maximum absolute atomic E-state index is 12.0. The Labute approximate surface area is 129 Å². The van der Waals surface area contributed by atoms with Crippen LogP contribution in [-0.4, -0.2) is 20.9 Å². The number of nitrogens with two attached hydrogens (primary N) is 1. The quantitative estimate of drug-likeness (QED) is 0.812. The normalized spacial score (nSPS) is 14.9. The van der Waals surface area contributed by atoms with E-state index in [2.05, 4.69) is 11.4 Å². The number of carbonyl (C=O) groups excluding carboxylic acids is 1. The molecule has 0 atom stereocenters. The summed E-state index contributed by atoms with van der Waals surface area (Å²) in [6, 6.07) is 3.86. The van der Waals surface area contributed by atoms with Crippen LogP contribution in [0.4, 0.5) is 0 Å². The average Bonchev–Trinajstić information content (AvgIpc) is 2.90. The molecule has 21 heavy (non-hydrogen) atoms. The van der Waals surface area contributed by atoms with Crippen molar-refractivity contribution in [2.45, 2.75) is 30.6 Å². The van der Waals surface area contributed by atoms with E-state index in [-0.39, 0.29) is 21.4 Å². The van der Waals surface area contributed by atoms with Gasteiger partial charge in [-0.1, -0.05) is 23.3 Å². The lowest BCUT2D eigenvalue weighted by Gasteiger charge is -2.08. The number of carbonyl (C=O) groups is 1. The smallest absolute Gasteiger partial charge is 0.251 e. The van der Waals surface area contributed by atoms with Gasteiger partial charge in [-0.15, -0.1) is 0 Å². The molecule has 0 radical (unpaired) electrons. The molecule has 0 aliphatic heterocycles. The maximum atomic E-state index is 12.0. The molecule has 114 valence electrons. The monoisotopic (exact) mass is 328 g/mol. The highest BCUT2D eigenvalue weighted by Crippen LogP contribution is 2.20. The number of rotatable bonds is 5. The highest BCUT2D eigenvalue weighted by Gasteiger charge is 2.14. The van der Waals surface area contributed by atoms with Gasteiger partial charge in [-0.3, -0.25) is 4.79 Å². The zero-order chi connectivity index (χ0) is 15.5. The Bertz CT molecular complexity index is 683. The van der Waals surface area contributed by atoms with E-state index in [1.165, 1.54) is 30.2 Å². The molecule has 0 bridgehead atoms. The van der Waals surface area contributed by atoms with Crippen molar-refractivity contribution in [2.24, 2.45) is 5.14 Å². The highest BCUT2D eigenvalue weighted by atomic mass is 35.5. The predicted molar refractivity (Wildman–Crippen MR) is 81.7 cm³/mol. The Kier molecular flexibility index (Phi) is 5.03. The Morgan fingerprint density at radius 2 is 2.10 bits per heavy atom. The zero-order valence-electron chi connectivity index (χ0n) is 11.4. The van der Waals surface area contributed by atoms with E-state index in [1.54, 1.807) is 0 Å². The molecule has 3 N–H and O–H groups in total. The van der Waals surface area contributed by atoms with Crippen molar-refractivity contribution in [2.75, 3.05) is 6.54 Å². The molecule has 0 spiro atoms. The fourth-order valence-electron chi connectivity index (χ4n) is 2.26. The van der Waals surface area contributed by atoms with Gasteiger partial charge in [0.05, 0.1) is 4.90 Å². The molecule has 0 saturated heterocycles. The molecule has 0 aromatic heterocycles. The van der Waals surface area contributed by atoms with Crippen molar-refractivity contribution in [1.29, 1.82) is 0 Å². The van der Waals surface area contributed by atoms with Gasteiger partial charge in [0, 0.05) is 17.1 Å². The van der Waals surface area contributed by atoms with Gasteiger partial charge in [-0.05, 0) is 43.9 Å². The third kappa shape index (κ3) is 4.56. The number of nitrogens with one attached hydrogen (secondary N) is 1. The van der Waals surface area contributed by atoms with E-state index in [0.717, 1.165) is 19.3 Å². The first-order valence-electron chi connectivity index (χ1n) is 6.66. The van der Waals surface area contributed by atoms with Crippen molar-refractivity contribution < 1.29 is 13.2 Å². The van der Waals surface area contributed by atoms with Crippen molar-refractivity contribution >= 4 is 27.5 Å². The number of halogens is 1. The lowest BCUT2D eigenvalue weighted by molar-refractivity contribution is 0.0954. The summed E-state index contributed by atoms with van der Waals surface area (Å²) < 4.78 is 22.7. The van der Waals surface area contributed by atoms with Crippen LogP contribution >= 0.6 is 11.6 Å². The summed E-state index contributed by atoms with van der Waals surface area (Å²) in [7, 11) is -3.89. The van der Waals surface area contributed by atoms with Crippen LogP contribution in [0.5, 0.6) is 0 Å². The molecular formula is C14H17ClN2O3S. The summed E-state index contributed by atoms with van der Waals surface area (Å²) in [6.45, 7) is 0.516. The van der Waals surface area contributed by atoms with Crippen LogP contribution in [0.2, 0.25) is 5.02 Å².